The van der Waals surface area contributed by atoms with Crippen LogP contribution >= 0.6 is 11.3 Å². The van der Waals surface area contributed by atoms with Crippen molar-refractivity contribution in [3.63, 3.8) is 0 Å². The first-order valence-electron chi connectivity index (χ1n) is 10.6. The molecule has 1 atom stereocenters. The quantitative estimate of drug-likeness (QED) is 0.569. The van der Waals surface area contributed by atoms with Crippen molar-refractivity contribution in [1.29, 1.82) is 0 Å². The van der Waals surface area contributed by atoms with Crippen molar-refractivity contribution in [3.05, 3.63) is 75.2 Å². The van der Waals surface area contributed by atoms with E-state index in [4.69, 9.17) is 0 Å². The number of halogens is 4. The van der Waals surface area contributed by atoms with Gasteiger partial charge in [-0.3, -0.25) is 4.98 Å². The summed E-state index contributed by atoms with van der Waals surface area (Å²) in [6.07, 6.45) is 0.259. The first kappa shape index (κ1) is 21.8. The summed E-state index contributed by atoms with van der Waals surface area (Å²) in [6, 6.07) is 10.3. The molecule has 0 aliphatic carbocycles. The number of anilines is 1. The van der Waals surface area contributed by atoms with Crippen LogP contribution in [0, 0.1) is 5.82 Å². The highest BCUT2D eigenvalue weighted by atomic mass is 32.1. The Morgan fingerprint density at radius 2 is 2.06 bits per heavy atom. The highest BCUT2D eigenvalue weighted by Crippen LogP contribution is 2.39. The fourth-order valence-corrected chi connectivity index (χ4v) is 5.04. The van der Waals surface area contributed by atoms with Crippen LogP contribution in [-0.2, 0) is 12.6 Å². The van der Waals surface area contributed by atoms with Crippen molar-refractivity contribution >= 4 is 28.2 Å². The number of benzene rings is 1. The number of aryl methyl sites for hydroxylation is 1. The molecule has 1 aromatic carbocycles. The van der Waals surface area contributed by atoms with Crippen LogP contribution in [0.25, 0.3) is 11.9 Å². The van der Waals surface area contributed by atoms with Gasteiger partial charge in [-0.1, -0.05) is 23.5 Å². The Morgan fingerprint density at radius 3 is 2.88 bits per heavy atom. The van der Waals surface area contributed by atoms with Gasteiger partial charge in [-0.2, -0.15) is 13.2 Å². The van der Waals surface area contributed by atoms with E-state index in [1.807, 2.05) is 12.1 Å². The average Bonchev–Trinajstić information content (AvgIpc) is 3.16. The zero-order valence-electron chi connectivity index (χ0n) is 17.5. The Bertz CT molecular complexity index is 1290. The third kappa shape index (κ3) is 4.58. The Kier molecular flexibility index (Phi) is 5.79. The van der Waals surface area contributed by atoms with E-state index in [-0.39, 0.29) is 17.6 Å². The fourth-order valence-electron chi connectivity index (χ4n) is 4.24. The molecule has 2 N–H and O–H groups in total. The number of nitrogens with one attached hydrogen (secondary N) is 2. The van der Waals surface area contributed by atoms with Gasteiger partial charge in [0.15, 0.2) is 0 Å². The minimum Gasteiger partial charge on any atom is -0.365 e. The number of rotatable bonds is 4. The lowest BCUT2D eigenvalue weighted by Crippen LogP contribution is -2.52. The van der Waals surface area contributed by atoms with Crippen LogP contribution in [0.3, 0.4) is 0 Å². The van der Waals surface area contributed by atoms with Gasteiger partial charge in [0.2, 0.25) is 5.01 Å². The van der Waals surface area contributed by atoms with E-state index < -0.39 is 11.2 Å². The Balaban J connectivity index is 1.48. The lowest BCUT2D eigenvalue weighted by Gasteiger charge is -2.36. The molecule has 4 heterocycles. The molecule has 1 unspecified atom stereocenters. The number of piperazine rings is 1. The van der Waals surface area contributed by atoms with E-state index in [0.717, 1.165) is 17.2 Å². The number of alkyl halides is 3. The average molecular weight is 476 g/mol. The van der Waals surface area contributed by atoms with Crippen LogP contribution in [0.2, 0.25) is 0 Å². The summed E-state index contributed by atoms with van der Waals surface area (Å²) in [5.41, 5.74) is 1.79. The largest absolute Gasteiger partial charge is 0.443 e. The third-order valence-electron chi connectivity index (χ3n) is 5.76. The first-order valence-corrected chi connectivity index (χ1v) is 11.4. The van der Waals surface area contributed by atoms with Crippen molar-refractivity contribution in [2.75, 3.05) is 25.0 Å². The molecule has 0 amide bonds. The number of fused-ring (bicyclic) bond motifs is 2. The Morgan fingerprint density at radius 1 is 1.18 bits per heavy atom. The number of thiazole rings is 1. The van der Waals surface area contributed by atoms with Crippen LogP contribution in [0.4, 0.5) is 22.6 Å². The van der Waals surface area contributed by atoms with Gasteiger partial charge >= 0.3 is 6.18 Å². The summed E-state index contributed by atoms with van der Waals surface area (Å²) in [5.74, 6) is -0.261. The minimum absolute atomic E-state index is 0.0889. The number of nitrogens with zero attached hydrogens (tertiary/aromatic N) is 3. The molecule has 0 spiro atoms. The van der Waals surface area contributed by atoms with Gasteiger partial charge in [-0.05, 0) is 42.7 Å². The highest BCUT2D eigenvalue weighted by Gasteiger charge is 2.38. The smallest absolute Gasteiger partial charge is 0.365 e. The van der Waals surface area contributed by atoms with Gasteiger partial charge in [0.05, 0.1) is 11.0 Å². The molecule has 3 aromatic rings. The second-order valence-corrected chi connectivity index (χ2v) is 9.04. The second kappa shape index (κ2) is 8.75. The molecule has 5 rings (SSSR count). The van der Waals surface area contributed by atoms with E-state index in [9.17, 15) is 17.6 Å². The van der Waals surface area contributed by atoms with Gasteiger partial charge in [0.25, 0.3) is 0 Å². The predicted octanol–water partition coefficient (Wildman–Crippen LogP) is 2.92. The van der Waals surface area contributed by atoms with E-state index in [1.54, 1.807) is 24.5 Å². The molecule has 1 saturated heterocycles. The van der Waals surface area contributed by atoms with Crippen LogP contribution in [-0.4, -0.2) is 40.5 Å². The molecule has 0 saturated carbocycles. The van der Waals surface area contributed by atoms with Gasteiger partial charge in [-0.15, -0.1) is 0 Å². The predicted molar refractivity (Wildman–Crippen MR) is 119 cm³/mol. The van der Waals surface area contributed by atoms with Crippen molar-refractivity contribution in [2.45, 2.75) is 25.1 Å². The molecule has 2 aliphatic rings. The van der Waals surface area contributed by atoms with Crippen LogP contribution in [0.5, 0.6) is 0 Å². The first-order chi connectivity index (χ1) is 15.9. The maximum absolute atomic E-state index is 13.5. The van der Waals surface area contributed by atoms with Crippen LogP contribution in [0.1, 0.15) is 22.7 Å². The number of aromatic nitrogens is 2. The molecule has 2 aromatic heterocycles. The zero-order chi connectivity index (χ0) is 23.0. The Labute approximate surface area is 191 Å². The summed E-state index contributed by atoms with van der Waals surface area (Å²) >= 11 is 0.599. The lowest BCUT2D eigenvalue weighted by molar-refractivity contribution is -0.137. The summed E-state index contributed by atoms with van der Waals surface area (Å²) in [6.45, 7) is 1.86. The Hall–Kier alpha value is -2.98. The molecule has 5 nitrogen and oxygen atoms in total. The molecular formula is C23H21F4N5S. The molecular weight excluding hydrogens is 454 g/mol. The van der Waals surface area contributed by atoms with Crippen molar-refractivity contribution in [1.82, 2.24) is 20.2 Å². The maximum Gasteiger partial charge on any atom is 0.443 e. The van der Waals surface area contributed by atoms with Crippen LogP contribution in [0.15, 0.2) is 42.6 Å². The van der Waals surface area contributed by atoms with Crippen molar-refractivity contribution < 1.29 is 17.6 Å². The molecule has 1 fully saturated rings. The number of hydrogen-bond donors (Lipinski definition) is 2. The summed E-state index contributed by atoms with van der Waals surface area (Å²) in [4.78, 5) is 10.6. The normalized spacial score (nSPS) is 18.1. The van der Waals surface area contributed by atoms with Crippen molar-refractivity contribution in [3.8, 4) is 0 Å². The second-order valence-electron chi connectivity index (χ2n) is 8.04. The van der Waals surface area contributed by atoms with E-state index >= 15 is 0 Å². The summed E-state index contributed by atoms with van der Waals surface area (Å²) in [5, 5.41) is 7.34. The molecule has 10 heteroatoms. The lowest BCUT2D eigenvalue weighted by atomic mass is 10.0. The summed E-state index contributed by atoms with van der Waals surface area (Å²) < 4.78 is 53.8. The van der Waals surface area contributed by atoms with Crippen molar-refractivity contribution in [2.24, 2.45) is 0 Å². The minimum atomic E-state index is -4.52. The highest BCUT2D eigenvalue weighted by molar-refractivity contribution is 7.16. The van der Waals surface area contributed by atoms with E-state index in [2.05, 4.69) is 25.5 Å². The van der Waals surface area contributed by atoms with E-state index in [1.165, 1.54) is 12.1 Å². The maximum atomic E-state index is 13.5. The third-order valence-corrected chi connectivity index (χ3v) is 6.79. The molecule has 33 heavy (non-hydrogen) atoms. The summed E-state index contributed by atoms with van der Waals surface area (Å²) in [7, 11) is 0. The SMILES string of the molecule is Fc1cccc(CCC2CN(C3=c4ncccc4=CNc4sc(C(F)(F)F)nc43)CCN2)c1. The molecule has 0 bridgehead atoms. The van der Waals surface area contributed by atoms with Gasteiger partial charge < -0.3 is 15.5 Å². The molecule has 172 valence electrons. The zero-order valence-corrected chi connectivity index (χ0v) is 18.3. The standard InChI is InChI=1S/C23H21F4N5S/c24-16-5-1-3-14(11-16)6-7-17-13-32(10-9-28-17)20-18-15(4-2-8-29-18)12-30-21-19(20)31-22(33-21)23(25,26)27/h1-5,8,11-12,17,28,30H,6-7,9-10,13H2. The molecule has 2 aliphatic heterocycles. The van der Waals surface area contributed by atoms with Gasteiger partial charge in [0.1, 0.15) is 16.5 Å². The number of hydrogen-bond acceptors (Lipinski definition) is 6. The van der Waals surface area contributed by atoms with Gasteiger partial charge in [0, 0.05) is 43.3 Å². The van der Waals surface area contributed by atoms with E-state index in [0.29, 0.717) is 53.4 Å². The van der Waals surface area contributed by atoms with Gasteiger partial charge in [-0.25, -0.2) is 9.37 Å². The monoisotopic (exact) mass is 475 g/mol. The topological polar surface area (TPSA) is 53.1 Å². The fraction of sp³-hybridized carbons (Fsp3) is 0.304. The molecule has 0 radical (unpaired) electrons. The van der Waals surface area contributed by atoms with Crippen LogP contribution < -0.4 is 21.2 Å². The number of pyridine rings is 1.